The molecule has 0 aromatic carbocycles. The number of hydrogen-bond donors (Lipinski definition) is 3. The first kappa shape index (κ1) is 14.7. The maximum Gasteiger partial charge on any atom is 0.308 e. The van der Waals surface area contributed by atoms with E-state index in [-0.39, 0.29) is 17.9 Å². The van der Waals surface area contributed by atoms with E-state index in [1.165, 1.54) is 0 Å². The second-order valence-corrected chi connectivity index (χ2v) is 5.13. The second kappa shape index (κ2) is 6.00. The molecule has 4 N–H and O–H groups in total. The number of nitrogens with one attached hydrogen (secondary N) is 1. The summed E-state index contributed by atoms with van der Waals surface area (Å²) < 4.78 is 0. The summed E-state index contributed by atoms with van der Waals surface area (Å²) in [6, 6.07) is -0.962. The zero-order valence-electron chi connectivity index (χ0n) is 11.0. The molecule has 1 aliphatic rings. The standard InChI is InChI=1S/C13H22N2O3/c1-4-8(3)11(14)12(16)15-10-6-7(2)5-9(10)13(17)18/h8-11H,2,4-6,14H2,1,3H3,(H,15,16)(H,17,18)/t8?,9-,10+,11-/m0/s1. The van der Waals surface area contributed by atoms with Crippen LogP contribution in [0.25, 0.3) is 0 Å². The van der Waals surface area contributed by atoms with E-state index in [0.717, 1.165) is 12.0 Å². The molecule has 0 saturated heterocycles. The molecule has 1 saturated carbocycles. The third-order valence-corrected chi connectivity index (χ3v) is 3.71. The first-order chi connectivity index (χ1) is 8.36. The topological polar surface area (TPSA) is 92.4 Å². The van der Waals surface area contributed by atoms with Gasteiger partial charge in [-0.2, -0.15) is 0 Å². The molecule has 5 nitrogen and oxygen atoms in total. The first-order valence-corrected chi connectivity index (χ1v) is 6.32. The Hall–Kier alpha value is -1.36. The van der Waals surface area contributed by atoms with Crippen LogP contribution in [-0.2, 0) is 9.59 Å². The number of carboxylic acid groups (broad SMARTS) is 1. The Morgan fingerprint density at radius 1 is 1.56 bits per heavy atom. The van der Waals surface area contributed by atoms with Crippen molar-refractivity contribution in [1.29, 1.82) is 0 Å². The quantitative estimate of drug-likeness (QED) is 0.635. The van der Waals surface area contributed by atoms with Crippen LogP contribution in [0.15, 0.2) is 12.2 Å². The number of rotatable bonds is 5. The van der Waals surface area contributed by atoms with Gasteiger partial charge in [0.15, 0.2) is 0 Å². The monoisotopic (exact) mass is 254 g/mol. The van der Waals surface area contributed by atoms with Gasteiger partial charge in [-0.1, -0.05) is 32.4 Å². The summed E-state index contributed by atoms with van der Waals surface area (Å²) in [5, 5.41) is 11.8. The van der Waals surface area contributed by atoms with Crippen LogP contribution in [-0.4, -0.2) is 29.1 Å². The molecule has 1 amide bonds. The molecular weight excluding hydrogens is 232 g/mol. The van der Waals surface area contributed by atoms with Crippen molar-refractivity contribution in [3.05, 3.63) is 12.2 Å². The summed E-state index contributed by atoms with van der Waals surface area (Å²) >= 11 is 0. The van der Waals surface area contributed by atoms with Crippen LogP contribution >= 0.6 is 0 Å². The molecule has 18 heavy (non-hydrogen) atoms. The lowest BCUT2D eigenvalue weighted by Crippen LogP contribution is -2.50. The van der Waals surface area contributed by atoms with Gasteiger partial charge < -0.3 is 16.2 Å². The van der Waals surface area contributed by atoms with Crippen LogP contribution in [0.2, 0.25) is 0 Å². The van der Waals surface area contributed by atoms with Gasteiger partial charge in [0.1, 0.15) is 0 Å². The molecule has 0 spiro atoms. The van der Waals surface area contributed by atoms with Gasteiger partial charge >= 0.3 is 5.97 Å². The van der Waals surface area contributed by atoms with E-state index in [9.17, 15) is 9.59 Å². The molecular formula is C13H22N2O3. The van der Waals surface area contributed by atoms with Gasteiger partial charge in [-0.05, 0) is 18.8 Å². The van der Waals surface area contributed by atoms with Gasteiger partial charge in [0.25, 0.3) is 0 Å². The van der Waals surface area contributed by atoms with Crippen molar-refractivity contribution in [3.63, 3.8) is 0 Å². The molecule has 1 aliphatic carbocycles. The van der Waals surface area contributed by atoms with E-state index in [1.54, 1.807) is 0 Å². The summed E-state index contributed by atoms with van der Waals surface area (Å²) in [5.74, 6) is -1.66. The number of carbonyl (C=O) groups is 2. The summed E-state index contributed by atoms with van der Waals surface area (Å²) in [4.78, 5) is 23.0. The highest BCUT2D eigenvalue weighted by molar-refractivity contribution is 5.83. The highest BCUT2D eigenvalue weighted by Gasteiger charge is 2.36. The molecule has 0 aromatic rings. The molecule has 4 atom stereocenters. The summed E-state index contributed by atoms with van der Waals surface area (Å²) in [5.41, 5.74) is 6.69. The van der Waals surface area contributed by atoms with E-state index in [0.29, 0.717) is 12.8 Å². The lowest BCUT2D eigenvalue weighted by atomic mass is 9.98. The number of carbonyl (C=O) groups excluding carboxylic acids is 1. The van der Waals surface area contributed by atoms with Gasteiger partial charge in [-0.25, -0.2) is 0 Å². The Labute approximate surface area is 107 Å². The fourth-order valence-electron chi connectivity index (χ4n) is 2.19. The zero-order valence-corrected chi connectivity index (χ0v) is 11.0. The Morgan fingerprint density at radius 3 is 2.67 bits per heavy atom. The number of nitrogens with two attached hydrogens (primary N) is 1. The lowest BCUT2D eigenvalue weighted by molar-refractivity contribution is -0.142. The smallest absolute Gasteiger partial charge is 0.308 e. The van der Waals surface area contributed by atoms with E-state index in [1.807, 2.05) is 13.8 Å². The average molecular weight is 254 g/mol. The molecule has 0 aromatic heterocycles. The molecule has 1 rings (SSSR count). The van der Waals surface area contributed by atoms with E-state index in [2.05, 4.69) is 11.9 Å². The maximum atomic E-state index is 11.9. The number of hydrogen-bond acceptors (Lipinski definition) is 3. The van der Waals surface area contributed by atoms with Gasteiger partial charge in [-0.15, -0.1) is 0 Å². The highest BCUT2D eigenvalue weighted by atomic mass is 16.4. The predicted octanol–water partition coefficient (Wildman–Crippen LogP) is 0.895. The van der Waals surface area contributed by atoms with Crippen LogP contribution in [0.5, 0.6) is 0 Å². The summed E-state index contributed by atoms with van der Waals surface area (Å²) in [6.45, 7) is 7.67. The van der Waals surface area contributed by atoms with Crippen molar-refractivity contribution in [2.75, 3.05) is 0 Å². The van der Waals surface area contributed by atoms with Crippen molar-refractivity contribution < 1.29 is 14.7 Å². The summed E-state index contributed by atoms with van der Waals surface area (Å²) in [7, 11) is 0. The fourth-order valence-corrected chi connectivity index (χ4v) is 2.19. The average Bonchev–Trinajstić information content (AvgIpc) is 2.68. The first-order valence-electron chi connectivity index (χ1n) is 6.32. The van der Waals surface area contributed by atoms with Crippen LogP contribution in [0.4, 0.5) is 0 Å². The van der Waals surface area contributed by atoms with E-state index in [4.69, 9.17) is 10.8 Å². The molecule has 5 heteroatoms. The molecule has 102 valence electrons. The lowest BCUT2D eigenvalue weighted by Gasteiger charge is -2.22. The number of carboxylic acids is 1. The minimum absolute atomic E-state index is 0.0814. The molecule has 1 unspecified atom stereocenters. The largest absolute Gasteiger partial charge is 0.481 e. The zero-order chi connectivity index (χ0) is 13.9. The van der Waals surface area contributed by atoms with Gasteiger partial charge in [-0.3, -0.25) is 9.59 Å². The summed E-state index contributed by atoms with van der Waals surface area (Å²) in [6.07, 6.45) is 1.77. The van der Waals surface area contributed by atoms with Crippen LogP contribution in [0.3, 0.4) is 0 Å². The van der Waals surface area contributed by atoms with Crippen LogP contribution < -0.4 is 11.1 Å². The SMILES string of the molecule is C=C1C[C@H](C(=O)O)[C@H](NC(=O)[C@@H](N)C(C)CC)C1. The van der Waals surface area contributed by atoms with Crippen LogP contribution in [0, 0.1) is 11.8 Å². The van der Waals surface area contributed by atoms with Crippen molar-refractivity contribution in [2.45, 2.75) is 45.2 Å². The molecule has 0 heterocycles. The van der Waals surface area contributed by atoms with Crippen molar-refractivity contribution in [3.8, 4) is 0 Å². The Balaban J connectivity index is 2.63. The molecule has 0 radical (unpaired) electrons. The van der Waals surface area contributed by atoms with Crippen molar-refractivity contribution in [1.82, 2.24) is 5.32 Å². The molecule has 0 bridgehead atoms. The normalized spacial score (nSPS) is 26.7. The van der Waals surface area contributed by atoms with Gasteiger partial charge in [0, 0.05) is 6.04 Å². The van der Waals surface area contributed by atoms with Crippen LogP contribution in [0.1, 0.15) is 33.1 Å². The minimum atomic E-state index is -0.893. The third kappa shape index (κ3) is 3.32. The Morgan fingerprint density at radius 2 is 2.17 bits per heavy atom. The highest BCUT2D eigenvalue weighted by Crippen LogP contribution is 2.29. The molecule has 0 aliphatic heterocycles. The third-order valence-electron chi connectivity index (χ3n) is 3.71. The predicted molar refractivity (Wildman–Crippen MR) is 68.9 cm³/mol. The Bertz CT molecular complexity index is 354. The molecule has 1 fully saturated rings. The maximum absolute atomic E-state index is 11.9. The Kier molecular flexibility index (Phi) is 4.90. The fraction of sp³-hybridized carbons (Fsp3) is 0.692. The minimum Gasteiger partial charge on any atom is -0.481 e. The number of amides is 1. The van der Waals surface area contributed by atoms with E-state index < -0.39 is 17.9 Å². The van der Waals surface area contributed by atoms with E-state index >= 15 is 0 Å². The van der Waals surface area contributed by atoms with Crippen molar-refractivity contribution in [2.24, 2.45) is 17.6 Å². The van der Waals surface area contributed by atoms with Gasteiger partial charge in [0.05, 0.1) is 12.0 Å². The van der Waals surface area contributed by atoms with Gasteiger partial charge in [0.2, 0.25) is 5.91 Å². The second-order valence-electron chi connectivity index (χ2n) is 5.13. The van der Waals surface area contributed by atoms with Crippen molar-refractivity contribution >= 4 is 11.9 Å². The number of aliphatic carboxylic acids is 1.